The summed E-state index contributed by atoms with van der Waals surface area (Å²) in [5.74, 6) is 1.52. The number of hydrogen-bond acceptors (Lipinski definition) is 4. The molecule has 4 nitrogen and oxygen atoms in total. The van der Waals surface area contributed by atoms with Gasteiger partial charge < -0.3 is 4.74 Å². The van der Waals surface area contributed by atoms with E-state index in [1.54, 1.807) is 7.11 Å². The van der Waals surface area contributed by atoms with Crippen molar-refractivity contribution in [3.8, 4) is 5.75 Å². The van der Waals surface area contributed by atoms with E-state index in [1.165, 1.54) is 16.3 Å². The predicted molar refractivity (Wildman–Crippen MR) is 119 cm³/mol. The molecule has 0 N–H and O–H groups in total. The summed E-state index contributed by atoms with van der Waals surface area (Å²) in [6, 6.07) is 27.6. The van der Waals surface area contributed by atoms with Gasteiger partial charge in [0.2, 0.25) is 0 Å². The maximum Gasteiger partial charge on any atom is 0.161 e. The van der Waals surface area contributed by atoms with Gasteiger partial charge >= 0.3 is 0 Å². The van der Waals surface area contributed by atoms with Gasteiger partial charge in [0.05, 0.1) is 12.5 Å². The number of ether oxygens (including phenoxy) is 1. The minimum atomic E-state index is -0.0152. The molecule has 1 fully saturated rings. The van der Waals surface area contributed by atoms with Crippen molar-refractivity contribution >= 4 is 6.20 Å². The van der Waals surface area contributed by atoms with E-state index in [2.05, 4.69) is 95.1 Å². The third-order valence-electron chi connectivity index (χ3n) is 6.20. The van der Waals surface area contributed by atoms with Crippen LogP contribution < -0.4 is 15.3 Å². The number of piperidine rings is 1. The summed E-state index contributed by atoms with van der Waals surface area (Å²) in [6.45, 7) is 2.04. The molecule has 2 aliphatic heterocycles. The highest BCUT2D eigenvalue weighted by Gasteiger charge is 2.29. The van der Waals surface area contributed by atoms with E-state index < -0.39 is 0 Å². The largest absolute Gasteiger partial charge is 0.497 e. The van der Waals surface area contributed by atoms with Crippen molar-refractivity contribution in [3.63, 3.8) is 0 Å². The normalized spacial score (nSPS) is 19.5. The SMILES string of the molecule is COc1ccc(C2CCN(N3C=c4ccccc4=NC3c3ccccc3)CC2)cc1. The highest BCUT2D eigenvalue weighted by Crippen LogP contribution is 2.33. The summed E-state index contributed by atoms with van der Waals surface area (Å²) in [4.78, 5) is 5.11. The van der Waals surface area contributed by atoms with Crippen molar-refractivity contribution in [3.05, 3.63) is 101 Å². The summed E-state index contributed by atoms with van der Waals surface area (Å²) in [7, 11) is 1.72. The monoisotopic (exact) mass is 397 g/mol. The van der Waals surface area contributed by atoms with E-state index in [1.807, 2.05) is 0 Å². The maximum absolute atomic E-state index is 5.31. The Balaban J connectivity index is 1.39. The van der Waals surface area contributed by atoms with Crippen LogP contribution in [0.2, 0.25) is 0 Å². The summed E-state index contributed by atoms with van der Waals surface area (Å²) in [5, 5.41) is 7.07. The predicted octanol–water partition coefficient (Wildman–Crippen LogP) is 3.86. The minimum absolute atomic E-state index is 0.0152. The van der Waals surface area contributed by atoms with Crippen LogP contribution in [0.15, 0.2) is 83.9 Å². The van der Waals surface area contributed by atoms with E-state index in [0.717, 1.165) is 37.0 Å². The van der Waals surface area contributed by atoms with Gasteiger partial charge in [-0.25, -0.2) is 5.01 Å². The zero-order chi connectivity index (χ0) is 20.3. The molecule has 1 unspecified atom stereocenters. The first-order valence-corrected chi connectivity index (χ1v) is 10.7. The summed E-state index contributed by atoms with van der Waals surface area (Å²) in [5.41, 5.74) is 2.63. The molecule has 0 amide bonds. The van der Waals surface area contributed by atoms with Crippen molar-refractivity contribution < 1.29 is 4.74 Å². The lowest BCUT2D eigenvalue weighted by Gasteiger charge is -2.43. The van der Waals surface area contributed by atoms with Gasteiger partial charge in [0, 0.05) is 24.5 Å². The second-order valence-electron chi connectivity index (χ2n) is 7.98. The Labute approximate surface area is 177 Å². The number of nitrogens with zero attached hydrogens (tertiary/aromatic N) is 3. The molecule has 152 valence electrons. The van der Waals surface area contributed by atoms with Gasteiger partial charge in [-0.1, -0.05) is 60.7 Å². The summed E-state index contributed by atoms with van der Waals surface area (Å²) < 4.78 is 5.31. The van der Waals surface area contributed by atoms with Crippen LogP contribution >= 0.6 is 0 Å². The number of para-hydroxylation sites is 1. The van der Waals surface area contributed by atoms with Crippen LogP contribution in [0.1, 0.15) is 36.1 Å². The Bertz CT molecular complexity index is 1100. The molecule has 2 heterocycles. The Hall–Kier alpha value is -3.11. The van der Waals surface area contributed by atoms with Gasteiger partial charge in [0.25, 0.3) is 0 Å². The lowest BCUT2D eigenvalue weighted by atomic mass is 9.90. The molecule has 0 aliphatic carbocycles. The number of benzene rings is 3. The van der Waals surface area contributed by atoms with Gasteiger partial charge in [0.15, 0.2) is 6.17 Å². The second-order valence-corrected chi connectivity index (χ2v) is 7.98. The molecule has 3 aromatic carbocycles. The van der Waals surface area contributed by atoms with Crippen LogP contribution in [-0.2, 0) is 0 Å². The molecule has 2 aliphatic rings. The fourth-order valence-corrected chi connectivity index (χ4v) is 4.51. The quantitative estimate of drug-likeness (QED) is 0.669. The van der Waals surface area contributed by atoms with Crippen LogP contribution in [0.3, 0.4) is 0 Å². The highest BCUT2D eigenvalue weighted by atomic mass is 16.5. The van der Waals surface area contributed by atoms with Crippen molar-refractivity contribution in [1.82, 2.24) is 10.0 Å². The topological polar surface area (TPSA) is 28.1 Å². The molecule has 4 heteroatoms. The van der Waals surface area contributed by atoms with Gasteiger partial charge in [-0.3, -0.25) is 10.0 Å². The lowest BCUT2D eigenvalue weighted by molar-refractivity contribution is -0.0193. The number of fused-ring (bicyclic) bond motifs is 1. The van der Waals surface area contributed by atoms with Crippen molar-refractivity contribution in [1.29, 1.82) is 0 Å². The fourth-order valence-electron chi connectivity index (χ4n) is 4.51. The molecular formula is C26H27N3O. The van der Waals surface area contributed by atoms with E-state index in [0.29, 0.717) is 5.92 Å². The third-order valence-corrected chi connectivity index (χ3v) is 6.20. The molecule has 30 heavy (non-hydrogen) atoms. The number of hydrogen-bond donors (Lipinski definition) is 0. The van der Waals surface area contributed by atoms with Crippen molar-refractivity contribution in [2.45, 2.75) is 24.9 Å². The van der Waals surface area contributed by atoms with Crippen LogP contribution in [0.5, 0.6) is 5.75 Å². The summed E-state index contributed by atoms with van der Waals surface area (Å²) in [6.07, 6.45) is 4.53. The number of rotatable bonds is 4. The molecule has 0 bridgehead atoms. The first-order chi connectivity index (χ1) is 14.8. The molecular weight excluding hydrogens is 370 g/mol. The van der Waals surface area contributed by atoms with Crippen LogP contribution in [0.25, 0.3) is 6.20 Å². The fraction of sp³-hybridized carbons (Fsp3) is 0.269. The molecule has 0 radical (unpaired) electrons. The van der Waals surface area contributed by atoms with Gasteiger partial charge in [-0.2, -0.15) is 0 Å². The molecule has 0 aromatic heterocycles. The standard InChI is InChI=1S/C26H27N3O/c1-30-24-13-11-20(12-14-24)21-15-17-28(18-16-21)29-19-23-9-5-6-10-25(23)27-26(29)22-7-3-2-4-8-22/h2-14,19,21,26H,15-18H2,1H3. The second kappa shape index (κ2) is 8.33. The Morgan fingerprint density at radius 1 is 0.800 bits per heavy atom. The molecule has 5 rings (SSSR count). The minimum Gasteiger partial charge on any atom is -0.497 e. The zero-order valence-electron chi connectivity index (χ0n) is 17.3. The first-order valence-electron chi connectivity index (χ1n) is 10.7. The smallest absolute Gasteiger partial charge is 0.161 e. The van der Waals surface area contributed by atoms with E-state index in [-0.39, 0.29) is 6.17 Å². The number of methoxy groups -OCH3 is 1. The number of hydrazine groups is 1. The van der Waals surface area contributed by atoms with Crippen LogP contribution in [0.4, 0.5) is 0 Å². The van der Waals surface area contributed by atoms with E-state index in [4.69, 9.17) is 9.73 Å². The average Bonchev–Trinajstić information content (AvgIpc) is 2.84. The Morgan fingerprint density at radius 2 is 1.50 bits per heavy atom. The van der Waals surface area contributed by atoms with Crippen LogP contribution in [-0.4, -0.2) is 30.2 Å². The highest BCUT2D eigenvalue weighted by molar-refractivity contribution is 5.31. The maximum atomic E-state index is 5.31. The first kappa shape index (κ1) is 18.9. The molecule has 1 atom stereocenters. The zero-order valence-corrected chi connectivity index (χ0v) is 17.3. The molecule has 0 saturated carbocycles. The van der Waals surface area contributed by atoms with Gasteiger partial charge in [0.1, 0.15) is 5.75 Å². The Morgan fingerprint density at radius 3 is 2.23 bits per heavy atom. The van der Waals surface area contributed by atoms with Gasteiger partial charge in [-0.15, -0.1) is 0 Å². The van der Waals surface area contributed by atoms with Crippen molar-refractivity contribution in [2.75, 3.05) is 20.2 Å². The third kappa shape index (κ3) is 3.71. The van der Waals surface area contributed by atoms with Crippen LogP contribution in [0, 0.1) is 0 Å². The lowest BCUT2D eigenvalue weighted by Crippen LogP contribution is -2.49. The van der Waals surface area contributed by atoms with E-state index in [9.17, 15) is 0 Å². The molecule has 1 saturated heterocycles. The average molecular weight is 398 g/mol. The molecule has 0 spiro atoms. The summed E-state index contributed by atoms with van der Waals surface area (Å²) >= 11 is 0. The molecule has 3 aromatic rings. The van der Waals surface area contributed by atoms with Gasteiger partial charge in [-0.05, 0) is 48.1 Å². The van der Waals surface area contributed by atoms with E-state index >= 15 is 0 Å². The Kier molecular flexibility index (Phi) is 5.24. The van der Waals surface area contributed by atoms with Crippen molar-refractivity contribution in [2.24, 2.45) is 4.99 Å².